The van der Waals surface area contributed by atoms with Crippen molar-refractivity contribution in [2.24, 2.45) is 5.41 Å². The Morgan fingerprint density at radius 3 is 2.80 bits per heavy atom. The number of rotatable bonds is 7. The molecule has 0 bridgehead atoms. The number of hydrogen-bond donors (Lipinski definition) is 3. The van der Waals surface area contributed by atoms with Crippen molar-refractivity contribution in [3.63, 3.8) is 0 Å². The van der Waals surface area contributed by atoms with E-state index in [1.807, 2.05) is 32.9 Å². The van der Waals surface area contributed by atoms with Gasteiger partial charge in [0.2, 0.25) is 0 Å². The first kappa shape index (κ1) is 16.3. The number of urea groups is 1. The molecule has 3 N–H and O–H groups in total. The van der Waals surface area contributed by atoms with Crippen molar-refractivity contribution >= 4 is 11.7 Å². The molecule has 0 aliphatic carbocycles. The zero-order valence-electron chi connectivity index (χ0n) is 12.4. The molecule has 0 heterocycles. The smallest absolute Gasteiger partial charge is 0.319 e. The van der Waals surface area contributed by atoms with Crippen molar-refractivity contribution in [3.8, 4) is 5.75 Å². The molecule has 1 aromatic rings. The van der Waals surface area contributed by atoms with Gasteiger partial charge in [0, 0.05) is 24.9 Å². The van der Waals surface area contributed by atoms with E-state index in [4.69, 9.17) is 9.84 Å². The van der Waals surface area contributed by atoms with Crippen molar-refractivity contribution in [2.75, 3.05) is 25.1 Å². The first-order valence-electron chi connectivity index (χ1n) is 6.85. The molecule has 0 aromatic heterocycles. The van der Waals surface area contributed by atoms with Gasteiger partial charge in [-0.1, -0.05) is 19.9 Å². The maximum absolute atomic E-state index is 11.8. The number of hydrogen-bond acceptors (Lipinski definition) is 3. The molecule has 0 saturated carbocycles. The molecule has 0 radical (unpaired) electrons. The molecule has 112 valence electrons. The molecule has 1 aromatic carbocycles. The standard InChI is InChI=1S/C15H24N2O3/c1-4-20-13-7-5-6-12(10-13)17-14(19)16-11-15(2,3)8-9-18/h5-7,10,18H,4,8-9,11H2,1-3H3,(H2,16,17,19). The van der Waals surface area contributed by atoms with Crippen LogP contribution in [0.5, 0.6) is 5.75 Å². The van der Waals surface area contributed by atoms with Gasteiger partial charge in [-0.3, -0.25) is 0 Å². The van der Waals surface area contributed by atoms with Crippen LogP contribution < -0.4 is 15.4 Å². The van der Waals surface area contributed by atoms with Crippen LogP contribution in [0, 0.1) is 5.41 Å². The van der Waals surface area contributed by atoms with Crippen molar-refractivity contribution in [1.82, 2.24) is 5.32 Å². The number of benzene rings is 1. The Kier molecular flexibility index (Phi) is 6.31. The van der Waals surface area contributed by atoms with Crippen molar-refractivity contribution in [3.05, 3.63) is 24.3 Å². The number of nitrogens with one attached hydrogen (secondary N) is 2. The Labute approximate surface area is 120 Å². The predicted octanol–water partition coefficient (Wildman–Crippen LogP) is 2.62. The summed E-state index contributed by atoms with van der Waals surface area (Å²) >= 11 is 0. The molecule has 0 saturated heterocycles. The second kappa shape index (κ2) is 7.75. The summed E-state index contributed by atoms with van der Waals surface area (Å²) in [6.45, 7) is 7.12. The number of anilines is 1. The minimum atomic E-state index is -0.260. The topological polar surface area (TPSA) is 70.6 Å². The van der Waals surface area contributed by atoms with E-state index in [0.29, 0.717) is 25.3 Å². The van der Waals surface area contributed by atoms with Gasteiger partial charge in [-0.15, -0.1) is 0 Å². The summed E-state index contributed by atoms with van der Waals surface area (Å²) in [7, 11) is 0. The van der Waals surface area contributed by atoms with E-state index in [2.05, 4.69) is 10.6 Å². The highest BCUT2D eigenvalue weighted by atomic mass is 16.5. The van der Waals surface area contributed by atoms with Crippen LogP contribution in [-0.4, -0.2) is 30.9 Å². The van der Waals surface area contributed by atoms with Gasteiger partial charge in [0.25, 0.3) is 0 Å². The van der Waals surface area contributed by atoms with E-state index in [-0.39, 0.29) is 18.1 Å². The molecule has 5 nitrogen and oxygen atoms in total. The SMILES string of the molecule is CCOc1cccc(NC(=O)NCC(C)(C)CCO)c1. The Morgan fingerprint density at radius 2 is 2.15 bits per heavy atom. The lowest BCUT2D eigenvalue weighted by atomic mass is 9.90. The van der Waals surface area contributed by atoms with Crippen LogP contribution in [0.15, 0.2) is 24.3 Å². The van der Waals surface area contributed by atoms with Gasteiger partial charge >= 0.3 is 6.03 Å². The lowest BCUT2D eigenvalue weighted by molar-refractivity contribution is 0.204. The van der Waals surface area contributed by atoms with Crippen molar-refractivity contribution < 1.29 is 14.6 Å². The monoisotopic (exact) mass is 280 g/mol. The number of aliphatic hydroxyl groups excluding tert-OH is 1. The van der Waals surface area contributed by atoms with Crippen LogP contribution in [0.3, 0.4) is 0 Å². The lowest BCUT2D eigenvalue weighted by Gasteiger charge is -2.23. The van der Waals surface area contributed by atoms with E-state index in [9.17, 15) is 4.79 Å². The normalized spacial score (nSPS) is 11.0. The molecule has 2 amide bonds. The second-order valence-electron chi connectivity index (χ2n) is 5.41. The number of amides is 2. The summed E-state index contributed by atoms with van der Waals surface area (Å²) < 4.78 is 5.37. The minimum absolute atomic E-state index is 0.118. The van der Waals surface area contributed by atoms with Crippen LogP contribution >= 0.6 is 0 Å². The van der Waals surface area contributed by atoms with E-state index in [1.165, 1.54) is 0 Å². The average Bonchev–Trinajstić information content (AvgIpc) is 2.37. The van der Waals surface area contributed by atoms with Crippen LogP contribution in [0.4, 0.5) is 10.5 Å². The third kappa shape index (κ3) is 5.93. The maximum atomic E-state index is 11.8. The lowest BCUT2D eigenvalue weighted by Crippen LogP contribution is -2.37. The molecule has 0 aliphatic heterocycles. The molecule has 0 aliphatic rings. The molecule has 0 fully saturated rings. The Morgan fingerprint density at radius 1 is 1.40 bits per heavy atom. The Hall–Kier alpha value is -1.75. The van der Waals surface area contributed by atoms with E-state index >= 15 is 0 Å². The van der Waals surface area contributed by atoms with Gasteiger partial charge in [-0.05, 0) is 30.9 Å². The van der Waals surface area contributed by atoms with Gasteiger partial charge in [0.15, 0.2) is 0 Å². The predicted molar refractivity (Wildman–Crippen MR) is 80.1 cm³/mol. The number of ether oxygens (including phenoxy) is 1. The molecule has 0 spiro atoms. The van der Waals surface area contributed by atoms with E-state index in [1.54, 1.807) is 12.1 Å². The van der Waals surface area contributed by atoms with Crippen LogP contribution in [-0.2, 0) is 0 Å². The van der Waals surface area contributed by atoms with Gasteiger partial charge in [0.05, 0.1) is 6.61 Å². The maximum Gasteiger partial charge on any atom is 0.319 e. The molecular formula is C15H24N2O3. The molecule has 1 rings (SSSR count). The molecule has 0 unspecified atom stereocenters. The summed E-state index contributed by atoms with van der Waals surface area (Å²) in [6.07, 6.45) is 0.646. The summed E-state index contributed by atoms with van der Waals surface area (Å²) in [5, 5.41) is 14.5. The minimum Gasteiger partial charge on any atom is -0.494 e. The average molecular weight is 280 g/mol. The van der Waals surface area contributed by atoms with E-state index in [0.717, 1.165) is 5.75 Å². The Bertz CT molecular complexity index is 433. The van der Waals surface area contributed by atoms with E-state index < -0.39 is 0 Å². The largest absolute Gasteiger partial charge is 0.494 e. The first-order chi connectivity index (χ1) is 9.46. The third-order valence-electron chi connectivity index (χ3n) is 2.92. The number of aliphatic hydroxyl groups is 1. The van der Waals surface area contributed by atoms with Gasteiger partial charge in [-0.2, -0.15) is 0 Å². The van der Waals surface area contributed by atoms with Crippen LogP contribution in [0.25, 0.3) is 0 Å². The molecular weight excluding hydrogens is 256 g/mol. The summed E-state index contributed by atoms with van der Waals surface area (Å²) in [5.74, 6) is 0.728. The van der Waals surface area contributed by atoms with Gasteiger partial charge in [-0.25, -0.2) is 4.79 Å². The zero-order valence-corrected chi connectivity index (χ0v) is 12.4. The fourth-order valence-corrected chi connectivity index (χ4v) is 1.72. The number of carbonyl (C=O) groups is 1. The third-order valence-corrected chi connectivity index (χ3v) is 2.92. The quantitative estimate of drug-likeness (QED) is 0.719. The number of carbonyl (C=O) groups excluding carboxylic acids is 1. The van der Waals surface area contributed by atoms with Crippen molar-refractivity contribution in [1.29, 1.82) is 0 Å². The summed E-state index contributed by atoms with van der Waals surface area (Å²) in [6, 6.07) is 7.00. The van der Waals surface area contributed by atoms with Crippen molar-refractivity contribution in [2.45, 2.75) is 27.2 Å². The fraction of sp³-hybridized carbons (Fsp3) is 0.533. The molecule has 5 heteroatoms. The van der Waals surface area contributed by atoms with Gasteiger partial charge in [0.1, 0.15) is 5.75 Å². The highest BCUT2D eigenvalue weighted by Crippen LogP contribution is 2.19. The van der Waals surface area contributed by atoms with Crippen LogP contribution in [0.2, 0.25) is 0 Å². The molecule has 20 heavy (non-hydrogen) atoms. The van der Waals surface area contributed by atoms with Gasteiger partial charge < -0.3 is 20.5 Å². The highest BCUT2D eigenvalue weighted by Gasteiger charge is 2.18. The zero-order chi connectivity index (χ0) is 15.0. The Balaban J connectivity index is 2.48. The summed E-state index contributed by atoms with van der Waals surface area (Å²) in [4.78, 5) is 11.8. The molecule has 0 atom stereocenters. The highest BCUT2D eigenvalue weighted by molar-refractivity contribution is 5.89. The fourth-order valence-electron chi connectivity index (χ4n) is 1.72. The second-order valence-corrected chi connectivity index (χ2v) is 5.41. The summed E-state index contributed by atoms with van der Waals surface area (Å²) in [5.41, 5.74) is 0.563. The van der Waals surface area contributed by atoms with Crippen LogP contribution in [0.1, 0.15) is 27.2 Å². The first-order valence-corrected chi connectivity index (χ1v) is 6.85.